The fraction of sp³-hybridized carbons (Fsp3) is 0.357. The number of phenols is 2. The first-order chi connectivity index (χ1) is 16.8. The van der Waals surface area contributed by atoms with Crippen molar-refractivity contribution < 1.29 is 29.6 Å². The predicted octanol–water partition coefficient (Wildman–Crippen LogP) is 3.87. The van der Waals surface area contributed by atoms with Gasteiger partial charge < -0.3 is 25.0 Å². The highest BCUT2D eigenvalue weighted by molar-refractivity contribution is 6.00. The molecule has 2 fully saturated rings. The highest BCUT2D eigenvalue weighted by Crippen LogP contribution is 2.62. The van der Waals surface area contributed by atoms with Crippen LogP contribution in [0.25, 0.3) is 10.8 Å². The number of likely N-dealkylation sites (tertiary alicyclic amines) is 1. The summed E-state index contributed by atoms with van der Waals surface area (Å²) < 4.78 is 6.04. The summed E-state index contributed by atoms with van der Waals surface area (Å²) in [5, 5.41) is 30.0. The minimum absolute atomic E-state index is 0.0660. The molecule has 2 aliphatic heterocycles. The number of rotatable bonds is 1. The Hall–Kier alpha value is -3.58. The quantitative estimate of drug-likeness (QED) is 0.492. The van der Waals surface area contributed by atoms with Gasteiger partial charge in [0.2, 0.25) is 0 Å². The third-order valence-electron chi connectivity index (χ3n) is 8.52. The topological polar surface area (TPSA) is 107 Å². The first-order valence-electron chi connectivity index (χ1n) is 12.0. The summed E-state index contributed by atoms with van der Waals surface area (Å²) in [6.45, 7) is 1.00. The average molecular weight is 474 g/mol. The zero-order valence-corrected chi connectivity index (χ0v) is 19.4. The number of ketones is 1. The van der Waals surface area contributed by atoms with Crippen LogP contribution in [-0.4, -0.2) is 57.7 Å². The van der Waals surface area contributed by atoms with Crippen molar-refractivity contribution in [2.24, 2.45) is 5.92 Å². The lowest BCUT2D eigenvalue weighted by Crippen LogP contribution is -2.65. The third kappa shape index (κ3) is 3.01. The van der Waals surface area contributed by atoms with E-state index in [9.17, 15) is 19.8 Å². The zero-order valence-electron chi connectivity index (χ0n) is 19.4. The van der Waals surface area contributed by atoms with E-state index in [0.717, 1.165) is 36.8 Å². The van der Waals surface area contributed by atoms with Crippen LogP contribution in [-0.2, 0) is 16.6 Å². The van der Waals surface area contributed by atoms with Crippen LogP contribution in [0, 0.1) is 5.92 Å². The van der Waals surface area contributed by atoms with Crippen molar-refractivity contribution >= 4 is 22.5 Å². The summed E-state index contributed by atoms with van der Waals surface area (Å²) in [6, 6.07) is 14.4. The van der Waals surface area contributed by atoms with Gasteiger partial charge in [0.15, 0.2) is 23.4 Å². The van der Waals surface area contributed by atoms with Crippen molar-refractivity contribution in [3.05, 3.63) is 65.2 Å². The summed E-state index contributed by atoms with van der Waals surface area (Å²) in [7, 11) is 2.20. The van der Waals surface area contributed by atoms with Gasteiger partial charge in [-0.05, 0) is 61.9 Å². The van der Waals surface area contributed by atoms with Gasteiger partial charge in [-0.3, -0.25) is 4.79 Å². The van der Waals surface area contributed by atoms with Crippen LogP contribution in [0.2, 0.25) is 0 Å². The summed E-state index contributed by atoms with van der Waals surface area (Å²) in [6.07, 6.45) is 3.18. The molecule has 7 nitrogen and oxygen atoms in total. The number of Topliss-reactive ketones (excluding diaryl/α,β-unsaturated/α-hetero) is 1. The highest BCUT2D eigenvalue weighted by atomic mass is 16.5. The number of carbonyl (C=O) groups is 2. The van der Waals surface area contributed by atoms with Crippen LogP contribution in [0.4, 0.5) is 0 Å². The number of aromatic carboxylic acids is 1. The Morgan fingerprint density at radius 1 is 1.11 bits per heavy atom. The van der Waals surface area contributed by atoms with Crippen molar-refractivity contribution in [3.8, 4) is 17.2 Å². The lowest BCUT2D eigenvalue weighted by atomic mass is 9.52. The van der Waals surface area contributed by atoms with Gasteiger partial charge in [-0.15, -0.1) is 0 Å². The van der Waals surface area contributed by atoms with Gasteiger partial charge >= 0.3 is 5.97 Å². The van der Waals surface area contributed by atoms with Crippen LogP contribution in [0.1, 0.15) is 40.7 Å². The molecule has 1 unspecified atom stereocenters. The number of hydrogen-bond donors (Lipinski definition) is 3. The molecule has 4 aliphatic rings. The first kappa shape index (κ1) is 21.9. The molecule has 3 aromatic rings. The Morgan fingerprint density at radius 2 is 1.91 bits per heavy atom. The number of carboxylic acid groups (broad SMARTS) is 1. The number of benzene rings is 3. The third-order valence-corrected chi connectivity index (χ3v) is 8.52. The molecule has 0 amide bonds. The molecule has 7 rings (SSSR count). The predicted molar refractivity (Wildman–Crippen MR) is 129 cm³/mol. The molecule has 3 aromatic carbocycles. The number of likely N-dealkylation sites (N-methyl/N-ethyl adjacent to an activating group) is 1. The van der Waals surface area contributed by atoms with Crippen LogP contribution in [0.3, 0.4) is 0 Å². The molecule has 0 radical (unpaired) electrons. The zero-order chi connectivity index (χ0) is 24.5. The number of aromatic hydroxyl groups is 2. The normalized spacial score (nSPS) is 28.0. The van der Waals surface area contributed by atoms with Gasteiger partial charge in [0.1, 0.15) is 11.3 Å². The van der Waals surface area contributed by atoms with E-state index in [4.69, 9.17) is 9.84 Å². The van der Waals surface area contributed by atoms with E-state index in [2.05, 4.69) is 11.9 Å². The van der Waals surface area contributed by atoms with Crippen LogP contribution in [0.5, 0.6) is 17.2 Å². The lowest BCUT2D eigenvalue weighted by Gasteiger charge is -2.57. The second-order valence-electron chi connectivity index (χ2n) is 10.1. The maximum Gasteiger partial charge on any atom is 0.339 e. The molecule has 180 valence electrons. The summed E-state index contributed by atoms with van der Waals surface area (Å²) >= 11 is 0. The minimum Gasteiger partial charge on any atom is -0.506 e. The fourth-order valence-electron chi connectivity index (χ4n) is 6.95. The van der Waals surface area contributed by atoms with Crippen molar-refractivity contribution in [2.45, 2.75) is 43.2 Å². The molecular weight excluding hydrogens is 446 g/mol. The Labute approximate surface area is 202 Å². The molecule has 2 aliphatic carbocycles. The Balaban J connectivity index is 0.000000143. The number of ether oxygens (including phenoxy) is 1. The van der Waals surface area contributed by atoms with E-state index in [-0.39, 0.29) is 34.4 Å². The number of carboxylic acids is 1. The standard InChI is InChI=1S/C17H19NO3.C11H8O3/c1-18-7-6-17-10-3-5-13(20)16(17)21-15-12(19)4-2-9(14(15)17)8-11(10)18;12-10-8-4-2-1-3-7(8)5-6-9(10)11(13)14/h2,4,10-11,16,19H,3,5-8H2,1H3;1-6,12H,(H,13,14)/t10-,11+,16-,17?;/m0./s1. The Kier molecular flexibility index (Phi) is 4.83. The second kappa shape index (κ2) is 7.71. The maximum atomic E-state index is 12.5. The number of nitrogens with zero attached hydrogens (tertiary/aromatic N) is 1. The van der Waals surface area contributed by atoms with Gasteiger partial charge in [-0.25, -0.2) is 4.79 Å². The number of piperidine rings is 1. The smallest absolute Gasteiger partial charge is 0.339 e. The molecular formula is C28H27NO6. The molecule has 4 atom stereocenters. The summed E-state index contributed by atoms with van der Waals surface area (Å²) in [5.74, 6) is 0.207. The van der Waals surface area contributed by atoms with Crippen LogP contribution < -0.4 is 4.74 Å². The highest BCUT2D eigenvalue weighted by Gasteiger charge is 2.65. The average Bonchev–Trinajstić information content (AvgIpc) is 3.21. The monoisotopic (exact) mass is 473 g/mol. The fourth-order valence-corrected chi connectivity index (χ4v) is 6.95. The van der Waals surface area contributed by atoms with Crippen molar-refractivity contribution in [1.29, 1.82) is 0 Å². The molecule has 35 heavy (non-hydrogen) atoms. The lowest BCUT2D eigenvalue weighted by molar-refractivity contribution is -0.138. The maximum absolute atomic E-state index is 12.5. The molecule has 0 aromatic heterocycles. The Morgan fingerprint density at radius 3 is 2.71 bits per heavy atom. The van der Waals surface area contributed by atoms with Gasteiger partial charge in [-0.2, -0.15) is 0 Å². The van der Waals surface area contributed by atoms with Crippen LogP contribution >= 0.6 is 0 Å². The molecule has 2 bridgehead atoms. The second-order valence-corrected chi connectivity index (χ2v) is 10.1. The molecule has 1 spiro atoms. The van der Waals surface area contributed by atoms with E-state index >= 15 is 0 Å². The van der Waals surface area contributed by atoms with Crippen molar-refractivity contribution in [3.63, 3.8) is 0 Å². The van der Waals surface area contributed by atoms with E-state index in [0.29, 0.717) is 29.5 Å². The molecule has 7 heteroatoms. The molecule has 1 saturated heterocycles. The molecule has 1 saturated carbocycles. The number of fused-ring (bicyclic) bond motifs is 1. The van der Waals surface area contributed by atoms with E-state index in [1.54, 1.807) is 24.3 Å². The van der Waals surface area contributed by atoms with Crippen molar-refractivity contribution in [2.75, 3.05) is 13.6 Å². The molecule has 2 heterocycles. The van der Waals surface area contributed by atoms with Gasteiger partial charge in [0.05, 0.1) is 0 Å². The van der Waals surface area contributed by atoms with Gasteiger partial charge in [0, 0.05) is 28.8 Å². The van der Waals surface area contributed by atoms with Gasteiger partial charge in [0.25, 0.3) is 0 Å². The number of hydrogen-bond acceptors (Lipinski definition) is 6. The molecule has 3 N–H and O–H groups in total. The first-order valence-corrected chi connectivity index (χ1v) is 12.0. The number of carbonyl (C=O) groups excluding carboxylic acids is 1. The van der Waals surface area contributed by atoms with E-state index < -0.39 is 5.97 Å². The largest absolute Gasteiger partial charge is 0.506 e. The van der Waals surface area contributed by atoms with E-state index in [1.807, 2.05) is 18.2 Å². The summed E-state index contributed by atoms with van der Waals surface area (Å²) in [4.78, 5) is 25.7. The minimum atomic E-state index is -1.12. The Bertz CT molecular complexity index is 1380. The number of phenolic OH excluding ortho intramolecular Hbond substituents is 1. The van der Waals surface area contributed by atoms with Crippen molar-refractivity contribution in [1.82, 2.24) is 4.90 Å². The SMILES string of the molecule is CN1CCC23c4c5ccc(O)c4O[C@H]2C(=O)CC[C@H]3[C@H]1C5.O=C(O)c1ccc2ccccc2c1O. The summed E-state index contributed by atoms with van der Waals surface area (Å²) in [5.41, 5.74) is 2.19. The van der Waals surface area contributed by atoms with Crippen LogP contribution in [0.15, 0.2) is 48.5 Å². The van der Waals surface area contributed by atoms with Gasteiger partial charge in [-0.1, -0.05) is 36.4 Å². The van der Waals surface area contributed by atoms with E-state index in [1.165, 1.54) is 11.6 Å².